The predicted octanol–water partition coefficient (Wildman–Crippen LogP) is 2.65. The average molecular weight is 389 g/mol. The third-order valence-electron chi connectivity index (χ3n) is 4.24. The second kappa shape index (κ2) is 6.41. The molecule has 0 radical (unpaired) electrons. The Labute approximate surface area is 147 Å². The Morgan fingerprint density at radius 3 is 2.71 bits per heavy atom. The number of fused-ring (bicyclic) bond motifs is 1. The minimum absolute atomic E-state index is 0.0481. The maximum atomic E-state index is 12.4. The van der Waals surface area contributed by atoms with Gasteiger partial charge in [-0.15, -0.1) is 0 Å². The van der Waals surface area contributed by atoms with Crippen LogP contribution in [0.25, 0.3) is 5.65 Å². The zero-order valence-electron chi connectivity index (χ0n) is 13.1. The number of aromatic nitrogens is 2. The molecule has 0 aliphatic carbocycles. The van der Waals surface area contributed by atoms with Crippen molar-refractivity contribution < 1.29 is 9.21 Å². The van der Waals surface area contributed by atoms with Crippen LogP contribution in [0.5, 0.6) is 0 Å². The van der Waals surface area contributed by atoms with E-state index in [1.54, 1.807) is 12.1 Å². The molecule has 4 rings (SSSR count). The summed E-state index contributed by atoms with van der Waals surface area (Å²) in [5.41, 5.74) is 2.01. The highest BCUT2D eigenvalue weighted by Crippen LogP contribution is 2.17. The summed E-state index contributed by atoms with van der Waals surface area (Å²) in [6, 6.07) is 9.43. The Bertz CT molecular complexity index is 831. The molecule has 1 aliphatic heterocycles. The van der Waals surface area contributed by atoms with Crippen LogP contribution >= 0.6 is 15.9 Å². The van der Waals surface area contributed by atoms with Crippen LogP contribution < -0.4 is 0 Å². The van der Waals surface area contributed by atoms with E-state index in [1.165, 1.54) is 0 Å². The number of nitrogens with zero attached hydrogens (tertiary/aromatic N) is 4. The Hall–Kier alpha value is -2.12. The lowest BCUT2D eigenvalue weighted by Crippen LogP contribution is -2.48. The lowest BCUT2D eigenvalue weighted by atomic mass is 10.2. The topological polar surface area (TPSA) is 54.0 Å². The normalized spacial score (nSPS) is 16.0. The molecule has 0 bridgehead atoms. The zero-order valence-corrected chi connectivity index (χ0v) is 14.6. The molecule has 1 amide bonds. The van der Waals surface area contributed by atoms with Crippen molar-refractivity contribution in [2.45, 2.75) is 6.54 Å². The summed E-state index contributed by atoms with van der Waals surface area (Å²) in [6.07, 6.45) is 4.07. The summed E-state index contributed by atoms with van der Waals surface area (Å²) in [7, 11) is 0. The van der Waals surface area contributed by atoms with Crippen LogP contribution in [0.3, 0.4) is 0 Å². The van der Waals surface area contributed by atoms with Gasteiger partial charge >= 0.3 is 0 Å². The van der Waals surface area contributed by atoms with E-state index in [2.05, 4.69) is 32.0 Å². The summed E-state index contributed by atoms with van der Waals surface area (Å²) in [4.78, 5) is 21.2. The average Bonchev–Trinajstić information content (AvgIpc) is 3.20. The van der Waals surface area contributed by atoms with Crippen molar-refractivity contribution in [3.05, 3.63) is 58.8 Å². The standard InChI is InChI=1S/C17H17BrN4O2/c18-15-5-4-14(24-15)17(23)21-9-7-20(8-10-21)11-13-12-22-6-2-1-3-16(22)19-13/h1-6,12H,7-11H2. The Morgan fingerprint density at radius 2 is 2.00 bits per heavy atom. The summed E-state index contributed by atoms with van der Waals surface area (Å²) >= 11 is 3.23. The SMILES string of the molecule is O=C(c1ccc(Br)o1)N1CCN(Cc2cn3ccccc3n2)CC1. The minimum Gasteiger partial charge on any atom is -0.444 e. The number of pyridine rings is 1. The number of hydrogen-bond acceptors (Lipinski definition) is 4. The van der Waals surface area contributed by atoms with Gasteiger partial charge < -0.3 is 13.7 Å². The van der Waals surface area contributed by atoms with Gasteiger partial charge in [-0.2, -0.15) is 0 Å². The molecule has 0 saturated carbocycles. The second-order valence-corrected chi connectivity index (χ2v) is 6.65. The molecule has 0 aromatic carbocycles. The van der Waals surface area contributed by atoms with Crippen LogP contribution in [0.4, 0.5) is 0 Å². The first-order chi connectivity index (χ1) is 11.7. The number of carbonyl (C=O) groups excluding carboxylic acids is 1. The maximum Gasteiger partial charge on any atom is 0.289 e. The molecule has 4 heterocycles. The van der Waals surface area contributed by atoms with Gasteiger partial charge in [0, 0.05) is 45.1 Å². The molecular formula is C17H17BrN4O2. The van der Waals surface area contributed by atoms with E-state index >= 15 is 0 Å². The van der Waals surface area contributed by atoms with Crippen molar-refractivity contribution >= 4 is 27.5 Å². The first kappa shape index (κ1) is 15.4. The molecule has 6 nitrogen and oxygen atoms in total. The van der Waals surface area contributed by atoms with E-state index in [0.717, 1.165) is 31.0 Å². The van der Waals surface area contributed by atoms with E-state index < -0.39 is 0 Å². The van der Waals surface area contributed by atoms with Gasteiger partial charge in [0.2, 0.25) is 0 Å². The summed E-state index contributed by atoms with van der Waals surface area (Å²) in [5, 5.41) is 0. The molecule has 0 atom stereocenters. The largest absolute Gasteiger partial charge is 0.444 e. The molecule has 1 saturated heterocycles. The van der Waals surface area contributed by atoms with Crippen molar-refractivity contribution in [3.63, 3.8) is 0 Å². The summed E-state index contributed by atoms with van der Waals surface area (Å²) in [6.45, 7) is 3.87. The number of hydrogen-bond donors (Lipinski definition) is 0. The number of carbonyl (C=O) groups is 1. The van der Waals surface area contributed by atoms with Crippen molar-refractivity contribution in [2.75, 3.05) is 26.2 Å². The molecule has 124 valence electrons. The number of imidazole rings is 1. The Morgan fingerprint density at radius 1 is 1.17 bits per heavy atom. The fourth-order valence-electron chi connectivity index (χ4n) is 2.99. The summed E-state index contributed by atoms with van der Waals surface area (Å²) in [5.74, 6) is 0.337. The second-order valence-electron chi connectivity index (χ2n) is 5.87. The van der Waals surface area contributed by atoms with Gasteiger partial charge in [0.25, 0.3) is 5.91 Å². The van der Waals surface area contributed by atoms with Gasteiger partial charge in [-0.3, -0.25) is 9.69 Å². The molecule has 3 aromatic heterocycles. The predicted molar refractivity (Wildman–Crippen MR) is 92.8 cm³/mol. The van der Waals surface area contributed by atoms with E-state index in [9.17, 15) is 4.79 Å². The van der Waals surface area contributed by atoms with Crippen LogP contribution in [0.15, 0.2) is 51.8 Å². The first-order valence-corrected chi connectivity index (χ1v) is 8.68. The molecule has 7 heteroatoms. The van der Waals surface area contributed by atoms with Crippen LogP contribution in [0, 0.1) is 0 Å². The van der Waals surface area contributed by atoms with E-state index in [0.29, 0.717) is 23.5 Å². The number of halogens is 1. The highest BCUT2D eigenvalue weighted by Gasteiger charge is 2.24. The van der Waals surface area contributed by atoms with E-state index in [-0.39, 0.29) is 5.91 Å². The molecule has 0 N–H and O–H groups in total. The number of piperazine rings is 1. The third-order valence-corrected chi connectivity index (χ3v) is 4.67. The minimum atomic E-state index is -0.0481. The smallest absolute Gasteiger partial charge is 0.289 e. The lowest BCUT2D eigenvalue weighted by molar-refractivity contribution is 0.0595. The van der Waals surface area contributed by atoms with E-state index in [4.69, 9.17) is 4.42 Å². The zero-order chi connectivity index (χ0) is 16.5. The monoisotopic (exact) mass is 388 g/mol. The van der Waals surface area contributed by atoms with Crippen molar-refractivity contribution in [3.8, 4) is 0 Å². The van der Waals surface area contributed by atoms with Crippen LogP contribution in [0.2, 0.25) is 0 Å². The van der Waals surface area contributed by atoms with Gasteiger partial charge in [-0.1, -0.05) is 6.07 Å². The van der Waals surface area contributed by atoms with Crippen LogP contribution in [-0.2, 0) is 6.54 Å². The van der Waals surface area contributed by atoms with Gasteiger partial charge in [0.1, 0.15) is 5.65 Å². The fourth-order valence-corrected chi connectivity index (χ4v) is 3.29. The quantitative estimate of drug-likeness (QED) is 0.691. The van der Waals surface area contributed by atoms with Crippen molar-refractivity contribution in [1.82, 2.24) is 19.2 Å². The Balaban J connectivity index is 1.36. The van der Waals surface area contributed by atoms with Crippen LogP contribution in [-0.4, -0.2) is 51.3 Å². The number of furan rings is 1. The molecule has 0 spiro atoms. The first-order valence-electron chi connectivity index (χ1n) is 7.88. The third kappa shape index (κ3) is 3.09. The molecule has 0 unspecified atom stereocenters. The van der Waals surface area contributed by atoms with Gasteiger partial charge in [-0.05, 0) is 40.2 Å². The molecular weight excluding hydrogens is 372 g/mol. The lowest BCUT2D eigenvalue weighted by Gasteiger charge is -2.33. The highest BCUT2D eigenvalue weighted by atomic mass is 79.9. The Kier molecular flexibility index (Phi) is 4.12. The van der Waals surface area contributed by atoms with Crippen molar-refractivity contribution in [2.24, 2.45) is 0 Å². The molecule has 24 heavy (non-hydrogen) atoms. The van der Waals surface area contributed by atoms with Crippen LogP contribution in [0.1, 0.15) is 16.2 Å². The van der Waals surface area contributed by atoms with Gasteiger partial charge in [0.15, 0.2) is 10.4 Å². The fraction of sp³-hybridized carbons (Fsp3) is 0.294. The number of rotatable bonds is 3. The van der Waals surface area contributed by atoms with E-state index in [1.807, 2.05) is 33.7 Å². The van der Waals surface area contributed by atoms with Gasteiger partial charge in [0.05, 0.1) is 5.69 Å². The van der Waals surface area contributed by atoms with Crippen molar-refractivity contribution in [1.29, 1.82) is 0 Å². The highest BCUT2D eigenvalue weighted by molar-refractivity contribution is 9.10. The summed E-state index contributed by atoms with van der Waals surface area (Å²) < 4.78 is 7.97. The number of amides is 1. The molecule has 1 aliphatic rings. The molecule has 1 fully saturated rings. The van der Waals surface area contributed by atoms with Gasteiger partial charge in [-0.25, -0.2) is 4.98 Å². The molecule has 3 aromatic rings. The maximum absolute atomic E-state index is 12.4.